The summed E-state index contributed by atoms with van der Waals surface area (Å²) in [5.74, 6) is 5.61. The van der Waals surface area contributed by atoms with Gasteiger partial charge in [0, 0.05) is 11.3 Å². The van der Waals surface area contributed by atoms with Gasteiger partial charge in [0.2, 0.25) is 0 Å². The summed E-state index contributed by atoms with van der Waals surface area (Å²) < 4.78 is 2.05. The topological polar surface area (TPSA) is 38.0 Å². The van der Waals surface area contributed by atoms with E-state index in [2.05, 4.69) is 43.8 Å². The zero-order valence-corrected chi connectivity index (χ0v) is 12.3. The molecule has 1 N–H and O–H groups in total. The van der Waals surface area contributed by atoms with Gasteiger partial charge in [-0.05, 0) is 43.5 Å². The summed E-state index contributed by atoms with van der Waals surface area (Å²) in [7, 11) is 0. The molecule has 0 fully saturated rings. The van der Waals surface area contributed by atoms with E-state index in [9.17, 15) is 0 Å². The molecule has 104 valence electrons. The third-order valence-corrected chi connectivity index (χ3v) is 3.46. The van der Waals surface area contributed by atoms with E-state index in [0.29, 0.717) is 0 Å². The van der Waals surface area contributed by atoms with Gasteiger partial charge < -0.3 is 5.11 Å². The second kappa shape index (κ2) is 6.40. The molecule has 0 saturated carbocycles. The molecule has 0 unspecified atom stereocenters. The van der Waals surface area contributed by atoms with E-state index in [1.165, 1.54) is 16.8 Å². The Morgan fingerprint density at radius 2 is 2.10 bits per heavy atom. The number of hydrogen-bond donors (Lipinski definition) is 1. The van der Waals surface area contributed by atoms with Gasteiger partial charge in [-0.1, -0.05) is 30.9 Å². The fourth-order valence-corrected chi connectivity index (χ4v) is 2.46. The van der Waals surface area contributed by atoms with Crippen molar-refractivity contribution >= 4 is 0 Å². The lowest BCUT2D eigenvalue weighted by Gasteiger charge is -2.06. The number of nitrogens with zero attached hydrogens (tertiary/aromatic N) is 2. The average molecular weight is 268 g/mol. The highest BCUT2D eigenvalue weighted by atomic mass is 16.2. The Kier molecular flexibility index (Phi) is 4.60. The van der Waals surface area contributed by atoms with Gasteiger partial charge in [0.25, 0.3) is 0 Å². The smallest absolute Gasteiger partial charge is 0.104 e. The number of benzene rings is 1. The van der Waals surface area contributed by atoms with Crippen LogP contribution < -0.4 is 0 Å². The first kappa shape index (κ1) is 14.4. The molecule has 0 amide bonds. The average Bonchev–Trinajstić information content (AvgIpc) is 2.71. The van der Waals surface area contributed by atoms with Crippen LogP contribution in [0.1, 0.15) is 35.0 Å². The highest BCUT2D eigenvalue weighted by Crippen LogP contribution is 2.15. The molecule has 0 bridgehead atoms. The first-order valence-electron chi connectivity index (χ1n) is 6.87. The number of aromatic nitrogens is 2. The van der Waals surface area contributed by atoms with Gasteiger partial charge in [-0.15, -0.1) is 0 Å². The molecule has 0 atom stereocenters. The summed E-state index contributed by atoms with van der Waals surface area (Å²) >= 11 is 0. The minimum atomic E-state index is -0.110. The van der Waals surface area contributed by atoms with Crippen LogP contribution in [0.5, 0.6) is 0 Å². The number of aliphatic hydroxyl groups is 1. The van der Waals surface area contributed by atoms with Crippen LogP contribution in [-0.2, 0) is 13.0 Å². The standard InChI is InChI=1S/C17H20N2O/c1-4-17-13(2)18-19(14(17)3)12-16-8-5-7-15(11-16)9-6-10-20/h5,7-8,11,20H,4,10,12H2,1-3H3. The van der Waals surface area contributed by atoms with Gasteiger partial charge >= 0.3 is 0 Å². The fourth-order valence-electron chi connectivity index (χ4n) is 2.46. The van der Waals surface area contributed by atoms with Gasteiger partial charge in [0.1, 0.15) is 6.61 Å². The first-order chi connectivity index (χ1) is 9.65. The van der Waals surface area contributed by atoms with Crippen LogP contribution in [0.3, 0.4) is 0 Å². The lowest BCUT2D eigenvalue weighted by Crippen LogP contribution is -2.04. The third-order valence-electron chi connectivity index (χ3n) is 3.46. The van der Waals surface area contributed by atoms with E-state index in [-0.39, 0.29) is 6.61 Å². The molecule has 2 aromatic rings. The minimum absolute atomic E-state index is 0.110. The van der Waals surface area contributed by atoms with Crippen LogP contribution in [0.2, 0.25) is 0 Å². The Labute approximate surface area is 120 Å². The summed E-state index contributed by atoms with van der Waals surface area (Å²) in [4.78, 5) is 0. The van der Waals surface area contributed by atoms with Crippen LogP contribution in [-0.4, -0.2) is 21.5 Å². The monoisotopic (exact) mass is 268 g/mol. The van der Waals surface area contributed by atoms with Gasteiger partial charge in [-0.3, -0.25) is 4.68 Å². The third kappa shape index (κ3) is 3.09. The van der Waals surface area contributed by atoms with E-state index in [0.717, 1.165) is 24.2 Å². The highest BCUT2D eigenvalue weighted by molar-refractivity contribution is 5.37. The van der Waals surface area contributed by atoms with Gasteiger partial charge in [-0.25, -0.2) is 0 Å². The van der Waals surface area contributed by atoms with Crippen molar-refractivity contribution in [2.75, 3.05) is 6.61 Å². The summed E-state index contributed by atoms with van der Waals surface area (Å²) in [5.41, 5.74) is 5.77. The molecule has 1 aromatic heterocycles. The first-order valence-corrected chi connectivity index (χ1v) is 6.87. The molecule has 0 saturated heterocycles. The second-order valence-electron chi connectivity index (χ2n) is 4.82. The molecule has 0 radical (unpaired) electrons. The Balaban J connectivity index is 2.26. The predicted octanol–water partition coefficient (Wildman–Crippen LogP) is 2.45. The van der Waals surface area contributed by atoms with Crippen molar-refractivity contribution in [3.05, 3.63) is 52.3 Å². The number of aryl methyl sites for hydroxylation is 1. The van der Waals surface area contributed by atoms with Crippen molar-refractivity contribution in [1.82, 2.24) is 9.78 Å². The van der Waals surface area contributed by atoms with Crippen molar-refractivity contribution in [2.45, 2.75) is 33.7 Å². The van der Waals surface area contributed by atoms with E-state index in [1.54, 1.807) is 0 Å². The number of aliphatic hydroxyl groups excluding tert-OH is 1. The maximum Gasteiger partial charge on any atom is 0.104 e. The summed E-state index contributed by atoms with van der Waals surface area (Å²) in [6.45, 7) is 6.98. The van der Waals surface area contributed by atoms with Crippen LogP contribution in [0, 0.1) is 25.7 Å². The Bertz CT molecular complexity index is 659. The molecule has 1 aromatic carbocycles. The molecule has 1 heterocycles. The van der Waals surface area contributed by atoms with Crippen molar-refractivity contribution < 1.29 is 5.11 Å². The van der Waals surface area contributed by atoms with Crippen molar-refractivity contribution in [3.8, 4) is 11.8 Å². The number of hydrogen-bond acceptors (Lipinski definition) is 2. The summed E-state index contributed by atoms with van der Waals surface area (Å²) in [6, 6.07) is 8.06. The number of rotatable bonds is 3. The van der Waals surface area contributed by atoms with Crippen LogP contribution in [0.25, 0.3) is 0 Å². The van der Waals surface area contributed by atoms with E-state index in [4.69, 9.17) is 5.11 Å². The van der Waals surface area contributed by atoms with Gasteiger partial charge in [0.15, 0.2) is 0 Å². The maximum absolute atomic E-state index is 8.74. The normalized spacial score (nSPS) is 10.2. The molecule has 3 nitrogen and oxygen atoms in total. The maximum atomic E-state index is 8.74. The van der Waals surface area contributed by atoms with Crippen molar-refractivity contribution in [1.29, 1.82) is 0 Å². The molecule has 2 rings (SSSR count). The van der Waals surface area contributed by atoms with Crippen LogP contribution in [0.15, 0.2) is 24.3 Å². The Morgan fingerprint density at radius 1 is 1.30 bits per heavy atom. The minimum Gasteiger partial charge on any atom is -0.384 e. The zero-order valence-electron chi connectivity index (χ0n) is 12.3. The quantitative estimate of drug-likeness (QED) is 0.868. The summed E-state index contributed by atoms with van der Waals surface area (Å²) in [6.07, 6.45) is 1.01. The van der Waals surface area contributed by atoms with Gasteiger partial charge in [0.05, 0.1) is 12.2 Å². The molecule has 0 aliphatic carbocycles. The molecule has 3 heteroatoms. The molecular weight excluding hydrogens is 248 g/mol. The lowest BCUT2D eigenvalue weighted by atomic mass is 10.1. The molecule has 0 aliphatic rings. The van der Waals surface area contributed by atoms with E-state index in [1.807, 2.05) is 22.9 Å². The van der Waals surface area contributed by atoms with Crippen LogP contribution >= 0.6 is 0 Å². The molecule has 0 aliphatic heterocycles. The van der Waals surface area contributed by atoms with Gasteiger partial charge in [-0.2, -0.15) is 5.10 Å². The Hall–Kier alpha value is -2.05. The largest absolute Gasteiger partial charge is 0.384 e. The van der Waals surface area contributed by atoms with E-state index < -0.39 is 0 Å². The SMILES string of the molecule is CCc1c(C)nn(Cc2cccc(C#CCO)c2)c1C. The lowest BCUT2D eigenvalue weighted by molar-refractivity contribution is 0.350. The van der Waals surface area contributed by atoms with Crippen molar-refractivity contribution in [3.63, 3.8) is 0 Å². The zero-order chi connectivity index (χ0) is 14.5. The molecule has 0 spiro atoms. The van der Waals surface area contributed by atoms with Crippen molar-refractivity contribution in [2.24, 2.45) is 0 Å². The summed E-state index contributed by atoms with van der Waals surface area (Å²) in [5, 5.41) is 13.3. The Morgan fingerprint density at radius 3 is 2.75 bits per heavy atom. The fraction of sp³-hybridized carbons (Fsp3) is 0.353. The highest BCUT2D eigenvalue weighted by Gasteiger charge is 2.09. The predicted molar refractivity (Wildman–Crippen MR) is 80.6 cm³/mol. The second-order valence-corrected chi connectivity index (χ2v) is 4.82. The molecular formula is C17H20N2O. The van der Waals surface area contributed by atoms with Crippen LogP contribution in [0.4, 0.5) is 0 Å². The van der Waals surface area contributed by atoms with E-state index >= 15 is 0 Å². The molecule has 20 heavy (non-hydrogen) atoms.